The summed E-state index contributed by atoms with van der Waals surface area (Å²) in [6, 6.07) is 12.3. The van der Waals surface area contributed by atoms with Crippen LogP contribution in [0.3, 0.4) is 0 Å². The summed E-state index contributed by atoms with van der Waals surface area (Å²) in [6.45, 7) is 6.91. The average molecular weight is 436 g/mol. The second kappa shape index (κ2) is 9.07. The van der Waals surface area contributed by atoms with Crippen molar-refractivity contribution in [3.8, 4) is 11.5 Å². The number of Topliss-reactive ketones (excluding diaryl/α,β-unsaturated/α-hetero) is 1. The molecule has 2 heterocycles. The Bertz CT molecular complexity index is 1050. The van der Waals surface area contributed by atoms with Crippen molar-refractivity contribution in [3.63, 3.8) is 0 Å². The molecule has 0 radical (unpaired) electrons. The number of amides is 1. The second-order valence-electron chi connectivity index (χ2n) is 8.59. The number of hydrogen-bond donors (Lipinski definition) is 1. The number of aliphatic hydroxyl groups is 1. The number of benzene rings is 2. The van der Waals surface area contributed by atoms with Gasteiger partial charge < -0.3 is 19.5 Å². The van der Waals surface area contributed by atoms with Crippen LogP contribution >= 0.6 is 0 Å². The Morgan fingerprint density at radius 3 is 2.47 bits per heavy atom. The molecule has 1 N–H and O–H groups in total. The Labute approximate surface area is 188 Å². The van der Waals surface area contributed by atoms with E-state index in [-0.39, 0.29) is 18.1 Å². The normalized spacial score (nSPS) is 19.2. The lowest BCUT2D eigenvalue weighted by Gasteiger charge is -2.25. The van der Waals surface area contributed by atoms with Crippen molar-refractivity contribution in [2.45, 2.75) is 52.0 Å². The van der Waals surface area contributed by atoms with E-state index in [9.17, 15) is 14.7 Å². The van der Waals surface area contributed by atoms with Crippen LogP contribution in [-0.2, 0) is 9.59 Å². The molecular weight excluding hydrogens is 406 g/mol. The Kier molecular flexibility index (Phi) is 6.21. The van der Waals surface area contributed by atoms with Crippen molar-refractivity contribution >= 4 is 17.4 Å². The van der Waals surface area contributed by atoms with E-state index >= 15 is 0 Å². The van der Waals surface area contributed by atoms with Crippen molar-refractivity contribution in [2.24, 2.45) is 0 Å². The van der Waals surface area contributed by atoms with E-state index < -0.39 is 17.7 Å². The van der Waals surface area contributed by atoms with E-state index in [0.29, 0.717) is 29.5 Å². The number of likely N-dealkylation sites (tertiary alicyclic amines) is 1. The first kappa shape index (κ1) is 21.9. The molecule has 0 aromatic heterocycles. The summed E-state index contributed by atoms with van der Waals surface area (Å²) in [5.41, 5.74) is 2.52. The zero-order valence-corrected chi connectivity index (χ0v) is 18.8. The highest BCUT2D eigenvalue weighted by Gasteiger charge is 2.45. The number of unbranched alkanes of at least 4 members (excludes halogenated alkanes) is 2. The van der Waals surface area contributed by atoms with Crippen molar-refractivity contribution < 1.29 is 24.2 Å². The quantitative estimate of drug-likeness (QED) is 0.282. The third-order valence-corrected chi connectivity index (χ3v) is 6.11. The van der Waals surface area contributed by atoms with Gasteiger partial charge in [-0.1, -0.05) is 57.9 Å². The first-order chi connectivity index (χ1) is 15.4. The van der Waals surface area contributed by atoms with E-state index in [1.165, 1.54) is 5.56 Å². The molecule has 32 heavy (non-hydrogen) atoms. The molecule has 168 valence electrons. The number of carbonyl (C=O) groups excluding carboxylic acids is 2. The Balaban J connectivity index is 1.79. The highest BCUT2D eigenvalue weighted by atomic mass is 16.7. The maximum atomic E-state index is 13.1. The summed E-state index contributed by atoms with van der Waals surface area (Å²) < 4.78 is 10.8. The fourth-order valence-corrected chi connectivity index (χ4v) is 4.25. The van der Waals surface area contributed by atoms with Gasteiger partial charge in [-0.15, -0.1) is 0 Å². The third-order valence-electron chi connectivity index (χ3n) is 6.11. The Morgan fingerprint density at radius 1 is 1.06 bits per heavy atom. The van der Waals surface area contributed by atoms with Gasteiger partial charge in [0.15, 0.2) is 11.5 Å². The number of carbonyl (C=O) groups is 2. The summed E-state index contributed by atoms with van der Waals surface area (Å²) in [4.78, 5) is 27.7. The third kappa shape index (κ3) is 3.97. The molecule has 2 aliphatic rings. The van der Waals surface area contributed by atoms with Crippen LogP contribution in [0.5, 0.6) is 11.5 Å². The first-order valence-electron chi connectivity index (χ1n) is 11.2. The largest absolute Gasteiger partial charge is 0.507 e. The van der Waals surface area contributed by atoms with Crippen molar-refractivity contribution in [1.82, 2.24) is 4.90 Å². The summed E-state index contributed by atoms with van der Waals surface area (Å²) >= 11 is 0. The van der Waals surface area contributed by atoms with Gasteiger partial charge in [0, 0.05) is 12.1 Å². The van der Waals surface area contributed by atoms with E-state index in [0.717, 1.165) is 24.8 Å². The molecule has 1 atom stereocenters. The molecule has 4 rings (SSSR count). The summed E-state index contributed by atoms with van der Waals surface area (Å²) in [5, 5.41) is 11.2. The van der Waals surface area contributed by atoms with Crippen molar-refractivity contribution in [2.75, 3.05) is 13.3 Å². The zero-order chi connectivity index (χ0) is 22.8. The smallest absolute Gasteiger partial charge is 0.295 e. The minimum Gasteiger partial charge on any atom is -0.507 e. The summed E-state index contributed by atoms with van der Waals surface area (Å²) in [7, 11) is 0. The Morgan fingerprint density at radius 2 is 1.78 bits per heavy atom. The van der Waals surface area contributed by atoms with Crippen LogP contribution < -0.4 is 9.47 Å². The molecule has 0 aliphatic carbocycles. The molecule has 6 nitrogen and oxygen atoms in total. The highest BCUT2D eigenvalue weighted by molar-refractivity contribution is 6.46. The number of fused-ring (bicyclic) bond motifs is 1. The topological polar surface area (TPSA) is 76.1 Å². The van der Waals surface area contributed by atoms with Crippen LogP contribution in [0.25, 0.3) is 5.76 Å². The number of ketones is 1. The van der Waals surface area contributed by atoms with Gasteiger partial charge in [-0.05, 0) is 41.7 Å². The molecule has 2 aromatic carbocycles. The maximum Gasteiger partial charge on any atom is 0.295 e. The molecule has 1 amide bonds. The predicted molar refractivity (Wildman–Crippen MR) is 122 cm³/mol. The van der Waals surface area contributed by atoms with Crippen LogP contribution in [0.1, 0.15) is 68.7 Å². The van der Waals surface area contributed by atoms with E-state index in [4.69, 9.17) is 9.47 Å². The van der Waals surface area contributed by atoms with E-state index in [1.54, 1.807) is 23.1 Å². The minimum absolute atomic E-state index is 0.114. The monoisotopic (exact) mass is 435 g/mol. The van der Waals surface area contributed by atoms with Crippen LogP contribution in [0.2, 0.25) is 0 Å². The van der Waals surface area contributed by atoms with E-state index in [1.807, 2.05) is 24.3 Å². The van der Waals surface area contributed by atoms with Gasteiger partial charge in [0.2, 0.25) is 6.79 Å². The van der Waals surface area contributed by atoms with Gasteiger partial charge in [-0.25, -0.2) is 0 Å². The standard InChI is InChI=1S/C26H29NO5/c1-4-5-6-13-27-23(18-9-7-17(8-10-18)16(2)3)22(25(29)26(27)30)24(28)19-11-12-20-21(14-19)32-15-31-20/h7-12,14,16,23,28H,4-6,13,15H2,1-3H3/b24-22-. The van der Waals surface area contributed by atoms with Crippen LogP contribution in [0.15, 0.2) is 48.0 Å². The molecule has 1 unspecified atom stereocenters. The predicted octanol–water partition coefficient (Wildman–Crippen LogP) is 5.15. The lowest BCUT2D eigenvalue weighted by atomic mass is 9.93. The van der Waals surface area contributed by atoms with Gasteiger partial charge in [-0.2, -0.15) is 0 Å². The Hall–Kier alpha value is -3.28. The fourth-order valence-electron chi connectivity index (χ4n) is 4.25. The SMILES string of the molecule is CCCCCN1C(=O)C(=O)/C(=C(\O)c2ccc3c(c2)OCO3)C1c1ccc(C(C)C)cc1. The molecular formula is C26H29NO5. The minimum atomic E-state index is -0.658. The number of hydrogen-bond acceptors (Lipinski definition) is 5. The van der Waals surface area contributed by atoms with Crippen LogP contribution in [-0.4, -0.2) is 35.0 Å². The van der Waals surface area contributed by atoms with Crippen molar-refractivity contribution in [3.05, 3.63) is 64.7 Å². The maximum absolute atomic E-state index is 13.1. The first-order valence-corrected chi connectivity index (χ1v) is 11.2. The molecule has 0 spiro atoms. The lowest BCUT2D eigenvalue weighted by Crippen LogP contribution is -2.30. The molecule has 0 saturated carbocycles. The average Bonchev–Trinajstić information content (AvgIpc) is 3.36. The zero-order valence-electron chi connectivity index (χ0n) is 18.8. The fraction of sp³-hybridized carbons (Fsp3) is 0.385. The number of ether oxygens (including phenoxy) is 2. The number of rotatable bonds is 7. The second-order valence-corrected chi connectivity index (χ2v) is 8.59. The molecule has 0 bridgehead atoms. The van der Waals surface area contributed by atoms with Crippen LogP contribution in [0.4, 0.5) is 0 Å². The van der Waals surface area contributed by atoms with Gasteiger partial charge in [-0.3, -0.25) is 9.59 Å². The highest BCUT2D eigenvalue weighted by Crippen LogP contribution is 2.41. The molecule has 2 aromatic rings. The van der Waals surface area contributed by atoms with Gasteiger partial charge >= 0.3 is 0 Å². The van der Waals surface area contributed by atoms with Crippen molar-refractivity contribution in [1.29, 1.82) is 0 Å². The number of nitrogens with zero attached hydrogens (tertiary/aromatic N) is 1. The van der Waals surface area contributed by atoms with Gasteiger partial charge in [0.1, 0.15) is 5.76 Å². The van der Waals surface area contributed by atoms with E-state index in [2.05, 4.69) is 20.8 Å². The van der Waals surface area contributed by atoms with Gasteiger partial charge in [0.25, 0.3) is 11.7 Å². The number of aliphatic hydroxyl groups excluding tert-OH is 1. The molecule has 1 fully saturated rings. The summed E-state index contributed by atoms with van der Waals surface area (Å²) in [5.74, 6) is 0.0357. The molecule has 6 heteroatoms. The molecule has 1 saturated heterocycles. The van der Waals surface area contributed by atoms with Gasteiger partial charge in [0.05, 0.1) is 11.6 Å². The summed E-state index contributed by atoms with van der Waals surface area (Å²) in [6.07, 6.45) is 2.77. The lowest BCUT2D eigenvalue weighted by molar-refractivity contribution is -0.139. The molecule has 2 aliphatic heterocycles. The van der Waals surface area contributed by atoms with Crippen LogP contribution in [0, 0.1) is 0 Å².